The van der Waals surface area contributed by atoms with Gasteiger partial charge in [-0.05, 0) is 25.7 Å². The third-order valence-corrected chi connectivity index (χ3v) is 3.53. The summed E-state index contributed by atoms with van der Waals surface area (Å²) in [7, 11) is 0. The molecule has 0 amide bonds. The van der Waals surface area contributed by atoms with E-state index in [1.165, 1.54) is 70.6 Å². The number of carboxylic acids is 1. The van der Waals surface area contributed by atoms with E-state index in [1.807, 2.05) is 0 Å². The first-order valence-corrected chi connectivity index (χ1v) is 8.48. The van der Waals surface area contributed by atoms with E-state index in [-0.39, 0.29) is 29.8 Å². The molecule has 1 radical (unpaired) electrons. The van der Waals surface area contributed by atoms with E-state index in [2.05, 4.69) is 19.1 Å². The molecule has 0 heterocycles. The van der Waals surface area contributed by atoms with Gasteiger partial charge < -0.3 is 12.5 Å². The van der Waals surface area contributed by atoms with Gasteiger partial charge in [0.15, 0.2) is 5.97 Å². The molecule has 0 aromatic carbocycles. The number of rotatable bonds is 15. The topological polar surface area (TPSA) is 37.3 Å². The smallest absolute Gasteiger partial charge is 0.163 e. The largest absolute Gasteiger partial charge is 0.503 e. The number of hydrogen-bond acceptors (Lipinski definition) is 1. The molecule has 0 aliphatic rings. The van der Waals surface area contributed by atoms with E-state index in [9.17, 15) is 4.79 Å². The molecule has 0 saturated heterocycles. The van der Waals surface area contributed by atoms with Gasteiger partial charge in [-0.15, -0.1) is 0 Å². The Morgan fingerprint density at radius 3 is 1.82 bits per heavy atom. The summed E-state index contributed by atoms with van der Waals surface area (Å²) in [6.07, 6.45) is 22.0. The quantitative estimate of drug-likeness (QED) is 0.125. The molecule has 22 heavy (non-hydrogen) atoms. The Balaban J connectivity index is -0.00000180. The Morgan fingerprint density at radius 1 is 0.864 bits per heavy atom. The van der Waals surface area contributed by atoms with Crippen molar-refractivity contribution in [3.8, 4) is 0 Å². The molecule has 0 aromatic rings. The van der Waals surface area contributed by atoms with Crippen molar-refractivity contribution in [3.05, 3.63) is 26.0 Å². The van der Waals surface area contributed by atoms with Crippen LogP contribution in [0.5, 0.6) is 0 Å². The third kappa shape index (κ3) is 24.8. The number of aliphatic carboxylic acids is 1. The molecule has 0 atom stereocenters. The maximum absolute atomic E-state index is 10.3. The standard InChI is InChI=1S/C18H33O2.CH3.Au/c1-2-3-4-5-6-7-8-9-10-11-12-13-14-15-16-17-18(19)20;;/h9-10,17H,2-8,11-16H2,1H3,(H,19,20);1H3;/q2*-1;. The molecule has 0 unspecified atom stereocenters. The van der Waals surface area contributed by atoms with Crippen molar-refractivity contribution in [3.63, 3.8) is 0 Å². The predicted molar refractivity (Wildman–Crippen MR) is 93.2 cm³/mol. The molecule has 3 heteroatoms. The summed E-state index contributed by atoms with van der Waals surface area (Å²) < 4.78 is 0. The van der Waals surface area contributed by atoms with Crippen LogP contribution < -0.4 is 0 Å². The van der Waals surface area contributed by atoms with E-state index in [0.29, 0.717) is 6.42 Å². The van der Waals surface area contributed by atoms with E-state index in [1.54, 1.807) is 0 Å². The summed E-state index contributed by atoms with van der Waals surface area (Å²) in [6.45, 7) is 2.26. The van der Waals surface area contributed by atoms with Gasteiger partial charge in [0.1, 0.15) is 0 Å². The first kappa shape index (κ1) is 26.7. The molecule has 0 fully saturated rings. The summed E-state index contributed by atoms with van der Waals surface area (Å²) in [5.74, 6) is -0.789. The molecule has 2 nitrogen and oxygen atoms in total. The molecule has 0 saturated carbocycles. The maximum Gasteiger partial charge on any atom is 0.163 e. The van der Waals surface area contributed by atoms with Crippen molar-refractivity contribution in [1.82, 2.24) is 0 Å². The molecular formula is C19H36AuO2-2. The maximum atomic E-state index is 10.3. The van der Waals surface area contributed by atoms with Gasteiger partial charge in [0.2, 0.25) is 0 Å². The second-order valence-electron chi connectivity index (χ2n) is 5.56. The number of hydrogen-bond donors (Lipinski definition) is 1. The molecule has 0 aromatic heterocycles. The van der Waals surface area contributed by atoms with E-state index in [4.69, 9.17) is 5.11 Å². The van der Waals surface area contributed by atoms with Gasteiger partial charge in [-0.3, -0.25) is 11.2 Å². The summed E-state index contributed by atoms with van der Waals surface area (Å²) in [5.41, 5.74) is 0. The van der Waals surface area contributed by atoms with Crippen LogP contribution in [-0.2, 0) is 27.2 Å². The van der Waals surface area contributed by atoms with Crippen molar-refractivity contribution >= 4 is 5.97 Å². The second kappa shape index (κ2) is 23.1. The minimum absolute atomic E-state index is 0. The van der Waals surface area contributed by atoms with Gasteiger partial charge in [-0.25, -0.2) is 0 Å². The minimum Gasteiger partial charge on any atom is -0.503 e. The Kier molecular flexibility index (Phi) is 28.0. The molecule has 0 spiro atoms. The summed E-state index contributed by atoms with van der Waals surface area (Å²) in [6, 6.07) is 0. The summed E-state index contributed by atoms with van der Waals surface area (Å²) in [5, 5.41) is 8.45. The fraction of sp³-hybridized carbons (Fsp3) is 0.737. The summed E-state index contributed by atoms with van der Waals surface area (Å²) >= 11 is 0. The van der Waals surface area contributed by atoms with Gasteiger partial charge >= 0.3 is 0 Å². The second-order valence-corrected chi connectivity index (χ2v) is 5.56. The molecule has 137 valence electrons. The van der Waals surface area contributed by atoms with Crippen LogP contribution in [0.3, 0.4) is 0 Å². The molecule has 0 aliphatic carbocycles. The van der Waals surface area contributed by atoms with E-state index in [0.717, 1.165) is 12.8 Å². The average molecular weight is 493 g/mol. The van der Waals surface area contributed by atoms with Crippen LogP contribution in [0.2, 0.25) is 0 Å². The van der Waals surface area contributed by atoms with Crippen molar-refractivity contribution < 1.29 is 32.3 Å². The van der Waals surface area contributed by atoms with Gasteiger partial charge in [-0.2, -0.15) is 6.42 Å². The van der Waals surface area contributed by atoms with Crippen molar-refractivity contribution in [2.24, 2.45) is 0 Å². The Labute approximate surface area is 154 Å². The Hall–Kier alpha value is -0.180. The molecule has 1 N–H and O–H groups in total. The van der Waals surface area contributed by atoms with Gasteiger partial charge in [-0.1, -0.05) is 70.4 Å². The number of allylic oxidation sites excluding steroid dienone is 2. The molecule has 0 rings (SSSR count). The number of carboxylic acid groups (broad SMARTS) is 1. The van der Waals surface area contributed by atoms with Gasteiger partial charge in [0.25, 0.3) is 0 Å². The van der Waals surface area contributed by atoms with Gasteiger partial charge in [0.05, 0.1) is 0 Å². The third-order valence-electron chi connectivity index (χ3n) is 3.53. The van der Waals surface area contributed by atoms with Crippen LogP contribution in [0.15, 0.2) is 12.2 Å². The summed E-state index contributed by atoms with van der Waals surface area (Å²) in [4.78, 5) is 10.3. The molecular weight excluding hydrogens is 457 g/mol. The molecule has 0 bridgehead atoms. The van der Waals surface area contributed by atoms with E-state index < -0.39 is 5.97 Å². The Morgan fingerprint density at radius 2 is 1.32 bits per heavy atom. The number of unbranched alkanes of at least 4 members (excludes halogenated alkanes) is 11. The van der Waals surface area contributed by atoms with Crippen LogP contribution >= 0.6 is 0 Å². The van der Waals surface area contributed by atoms with Crippen LogP contribution in [0.1, 0.15) is 90.4 Å². The Bertz CT molecular complexity index is 240. The fourth-order valence-electron chi connectivity index (χ4n) is 2.26. The first-order valence-electron chi connectivity index (χ1n) is 8.48. The van der Waals surface area contributed by atoms with Crippen LogP contribution in [0.25, 0.3) is 0 Å². The predicted octanol–water partition coefficient (Wildman–Crippen LogP) is 6.37. The van der Waals surface area contributed by atoms with Crippen LogP contribution in [0.4, 0.5) is 0 Å². The zero-order valence-electron chi connectivity index (χ0n) is 14.6. The zero-order chi connectivity index (χ0) is 14.9. The van der Waals surface area contributed by atoms with Crippen LogP contribution in [0, 0.1) is 13.8 Å². The van der Waals surface area contributed by atoms with Gasteiger partial charge in [0, 0.05) is 22.4 Å². The zero-order valence-corrected chi connectivity index (χ0v) is 16.7. The average Bonchev–Trinajstić information content (AvgIpc) is 2.43. The fourth-order valence-corrected chi connectivity index (χ4v) is 2.26. The SMILES string of the molecule is CCCCCCCCC=CCCCCCC[CH-]C(=O)O.[Au].[CH3-]. The monoisotopic (exact) mass is 493 g/mol. The minimum atomic E-state index is -0.789. The number of carbonyl (C=O) groups is 1. The molecule has 0 aliphatic heterocycles. The van der Waals surface area contributed by atoms with Crippen molar-refractivity contribution in [1.29, 1.82) is 0 Å². The first-order chi connectivity index (χ1) is 9.77. The van der Waals surface area contributed by atoms with Crippen molar-refractivity contribution in [2.75, 3.05) is 0 Å². The normalized spacial score (nSPS) is 10.0. The van der Waals surface area contributed by atoms with Crippen molar-refractivity contribution in [2.45, 2.75) is 90.4 Å². The van der Waals surface area contributed by atoms with Crippen LogP contribution in [-0.4, -0.2) is 11.1 Å². The van der Waals surface area contributed by atoms with E-state index >= 15 is 0 Å².